The first-order valence-corrected chi connectivity index (χ1v) is 7.96. The third-order valence-corrected chi connectivity index (χ3v) is 4.15. The maximum absolute atomic E-state index is 11.3. The highest BCUT2D eigenvalue weighted by Crippen LogP contribution is 2.40. The molecule has 1 fully saturated rings. The minimum absolute atomic E-state index is 0.198. The third-order valence-electron chi connectivity index (χ3n) is 3.56. The fourth-order valence-electron chi connectivity index (χ4n) is 2.85. The second-order valence-electron chi connectivity index (χ2n) is 5.00. The maximum Gasteiger partial charge on any atom is 0.264 e. The van der Waals surface area contributed by atoms with E-state index >= 15 is 0 Å². The average Bonchev–Trinajstić information content (AvgIpc) is 2.31. The zero-order chi connectivity index (χ0) is 12.8. The fraction of sp³-hybridized carbons (Fsp3) is 0.538. The predicted molar refractivity (Wildman–Crippen MR) is 66.7 cm³/mol. The van der Waals surface area contributed by atoms with Crippen molar-refractivity contribution in [1.29, 1.82) is 0 Å². The number of benzene rings is 1. The van der Waals surface area contributed by atoms with E-state index < -0.39 is 16.2 Å². The van der Waals surface area contributed by atoms with Crippen molar-refractivity contribution >= 4 is 10.1 Å². The Balaban J connectivity index is 1.94. The molecule has 0 saturated carbocycles. The van der Waals surface area contributed by atoms with Crippen LogP contribution in [0.2, 0.25) is 0 Å². The second-order valence-corrected chi connectivity index (χ2v) is 6.60. The Morgan fingerprint density at radius 3 is 2.83 bits per heavy atom. The molecular formula is C13H16O4S. The molecule has 0 N–H and O–H groups in total. The minimum Gasteiger partial charge on any atom is -0.367 e. The van der Waals surface area contributed by atoms with Gasteiger partial charge in [-0.3, -0.25) is 4.18 Å². The zero-order valence-electron chi connectivity index (χ0n) is 10.2. The molecule has 2 aliphatic rings. The van der Waals surface area contributed by atoms with Gasteiger partial charge in [0.2, 0.25) is 0 Å². The van der Waals surface area contributed by atoms with Crippen LogP contribution in [0, 0.1) is 0 Å². The number of fused-ring (bicyclic) bond motifs is 4. The summed E-state index contributed by atoms with van der Waals surface area (Å²) in [5.41, 5.74) is 2.32. The van der Waals surface area contributed by atoms with Crippen molar-refractivity contribution in [2.45, 2.75) is 37.6 Å². The Bertz CT molecular complexity index is 552. The van der Waals surface area contributed by atoms with Gasteiger partial charge in [0.25, 0.3) is 10.1 Å². The van der Waals surface area contributed by atoms with Crippen LogP contribution >= 0.6 is 0 Å². The molecule has 0 aromatic heterocycles. The molecule has 5 heteroatoms. The van der Waals surface area contributed by atoms with E-state index in [2.05, 4.69) is 6.07 Å². The first kappa shape index (κ1) is 12.1. The molecule has 2 heterocycles. The molecule has 4 nitrogen and oxygen atoms in total. The van der Waals surface area contributed by atoms with Crippen LogP contribution in [-0.4, -0.2) is 26.9 Å². The van der Waals surface area contributed by atoms with Crippen molar-refractivity contribution in [3.8, 4) is 0 Å². The Morgan fingerprint density at radius 2 is 2.06 bits per heavy atom. The van der Waals surface area contributed by atoms with Gasteiger partial charge in [-0.25, -0.2) is 0 Å². The van der Waals surface area contributed by atoms with Crippen LogP contribution in [0.1, 0.15) is 30.1 Å². The van der Waals surface area contributed by atoms with E-state index in [-0.39, 0.29) is 12.2 Å². The first-order valence-electron chi connectivity index (χ1n) is 6.14. The standard InChI is InChI=1S/C13H16O4S/c1-18(14,15)17-12-7-6-10-8-9-4-2-3-5-11(9)13(12)16-10/h2-5,10,12-13H,6-8H2,1H3/t10-,12-,13-/m1/s1. The van der Waals surface area contributed by atoms with Gasteiger partial charge in [0.15, 0.2) is 0 Å². The molecule has 2 aliphatic heterocycles. The smallest absolute Gasteiger partial charge is 0.264 e. The van der Waals surface area contributed by atoms with Gasteiger partial charge >= 0.3 is 0 Å². The Morgan fingerprint density at radius 1 is 1.28 bits per heavy atom. The third kappa shape index (κ3) is 2.30. The Hall–Kier alpha value is -0.910. The molecule has 0 amide bonds. The van der Waals surface area contributed by atoms with Crippen molar-refractivity contribution in [3.05, 3.63) is 35.4 Å². The second kappa shape index (κ2) is 4.33. The summed E-state index contributed by atoms with van der Waals surface area (Å²) in [6, 6.07) is 8.04. The van der Waals surface area contributed by atoms with E-state index in [1.807, 2.05) is 18.2 Å². The summed E-state index contributed by atoms with van der Waals surface area (Å²) in [5.74, 6) is 0. The van der Waals surface area contributed by atoms with Crippen LogP contribution in [0.5, 0.6) is 0 Å². The van der Waals surface area contributed by atoms with Gasteiger partial charge in [0, 0.05) is 0 Å². The summed E-state index contributed by atoms with van der Waals surface area (Å²) in [6.07, 6.45) is 3.15. The lowest BCUT2D eigenvalue weighted by molar-refractivity contribution is -0.118. The highest BCUT2D eigenvalue weighted by molar-refractivity contribution is 7.86. The Labute approximate surface area is 107 Å². The lowest BCUT2D eigenvalue weighted by Crippen LogP contribution is -2.40. The molecule has 0 aliphatic carbocycles. The van der Waals surface area contributed by atoms with Gasteiger partial charge in [-0.1, -0.05) is 24.3 Å². The normalized spacial score (nSPS) is 30.8. The number of ether oxygens (including phenoxy) is 1. The van der Waals surface area contributed by atoms with Crippen molar-refractivity contribution in [2.24, 2.45) is 0 Å². The summed E-state index contributed by atoms with van der Waals surface area (Å²) < 4.78 is 33.7. The van der Waals surface area contributed by atoms with Crippen LogP contribution in [-0.2, 0) is 25.5 Å². The SMILES string of the molecule is CS(=O)(=O)O[C@@H]1CC[C@@H]2Cc3ccccc3[C@H]1O2. The van der Waals surface area contributed by atoms with E-state index in [9.17, 15) is 8.42 Å². The van der Waals surface area contributed by atoms with E-state index in [0.29, 0.717) is 0 Å². The number of hydrogen-bond acceptors (Lipinski definition) is 4. The van der Waals surface area contributed by atoms with Crippen molar-refractivity contribution in [2.75, 3.05) is 6.26 Å². The molecule has 1 saturated heterocycles. The molecule has 0 unspecified atom stereocenters. The maximum atomic E-state index is 11.3. The molecular weight excluding hydrogens is 252 g/mol. The van der Waals surface area contributed by atoms with E-state index in [1.54, 1.807) is 0 Å². The zero-order valence-corrected chi connectivity index (χ0v) is 11.0. The summed E-state index contributed by atoms with van der Waals surface area (Å²) in [4.78, 5) is 0. The highest BCUT2D eigenvalue weighted by Gasteiger charge is 2.39. The quantitative estimate of drug-likeness (QED) is 0.768. The summed E-state index contributed by atoms with van der Waals surface area (Å²) in [5, 5.41) is 0. The van der Waals surface area contributed by atoms with Gasteiger partial charge in [-0.05, 0) is 30.4 Å². The van der Waals surface area contributed by atoms with Crippen molar-refractivity contribution in [3.63, 3.8) is 0 Å². The summed E-state index contributed by atoms with van der Waals surface area (Å²) >= 11 is 0. The predicted octanol–water partition coefficient (Wildman–Crippen LogP) is 1.81. The van der Waals surface area contributed by atoms with Gasteiger partial charge in [0.1, 0.15) is 12.2 Å². The topological polar surface area (TPSA) is 52.6 Å². The van der Waals surface area contributed by atoms with Crippen LogP contribution in [0.3, 0.4) is 0 Å². The lowest BCUT2D eigenvalue weighted by atomic mass is 9.85. The molecule has 1 aromatic rings. The van der Waals surface area contributed by atoms with Crippen molar-refractivity contribution in [1.82, 2.24) is 0 Å². The summed E-state index contributed by atoms with van der Waals surface area (Å²) in [7, 11) is -3.44. The molecule has 3 atom stereocenters. The number of rotatable bonds is 2. The van der Waals surface area contributed by atoms with Crippen LogP contribution < -0.4 is 0 Å². The minimum atomic E-state index is -3.44. The average molecular weight is 268 g/mol. The molecule has 0 spiro atoms. The number of hydrogen-bond donors (Lipinski definition) is 0. The Kier molecular flexibility index (Phi) is 2.92. The molecule has 3 rings (SSSR count). The van der Waals surface area contributed by atoms with Gasteiger partial charge in [-0.15, -0.1) is 0 Å². The largest absolute Gasteiger partial charge is 0.367 e. The monoisotopic (exact) mass is 268 g/mol. The first-order chi connectivity index (χ1) is 8.53. The molecule has 2 bridgehead atoms. The van der Waals surface area contributed by atoms with Crippen LogP contribution in [0.15, 0.2) is 24.3 Å². The molecule has 18 heavy (non-hydrogen) atoms. The highest BCUT2D eigenvalue weighted by atomic mass is 32.2. The van der Waals surface area contributed by atoms with Crippen LogP contribution in [0.4, 0.5) is 0 Å². The molecule has 98 valence electrons. The van der Waals surface area contributed by atoms with Crippen molar-refractivity contribution < 1.29 is 17.3 Å². The molecule has 0 radical (unpaired) electrons. The van der Waals surface area contributed by atoms with E-state index in [4.69, 9.17) is 8.92 Å². The van der Waals surface area contributed by atoms with E-state index in [1.165, 1.54) is 5.56 Å². The van der Waals surface area contributed by atoms with Gasteiger partial charge in [0.05, 0.1) is 12.4 Å². The molecule has 1 aromatic carbocycles. The van der Waals surface area contributed by atoms with Gasteiger partial charge < -0.3 is 4.74 Å². The van der Waals surface area contributed by atoms with Gasteiger partial charge in [-0.2, -0.15) is 8.42 Å². The van der Waals surface area contributed by atoms with Crippen LogP contribution in [0.25, 0.3) is 0 Å². The summed E-state index contributed by atoms with van der Waals surface area (Å²) in [6.45, 7) is 0. The lowest BCUT2D eigenvalue weighted by Gasteiger charge is -2.40. The fourth-order valence-corrected chi connectivity index (χ4v) is 3.50. The van der Waals surface area contributed by atoms with E-state index in [0.717, 1.165) is 31.1 Å².